The van der Waals surface area contributed by atoms with Gasteiger partial charge in [0.05, 0.1) is 5.92 Å². The molecule has 1 unspecified atom stereocenters. The van der Waals surface area contributed by atoms with Crippen LogP contribution in [-0.2, 0) is 22.5 Å². The Labute approximate surface area is 150 Å². The van der Waals surface area contributed by atoms with Crippen LogP contribution in [0.2, 0.25) is 23.2 Å². The summed E-state index contributed by atoms with van der Waals surface area (Å²) in [5, 5.41) is 0.0205. The van der Waals surface area contributed by atoms with Crippen LogP contribution < -0.4 is 0 Å². The third-order valence-corrected chi connectivity index (χ3v) is 13.8. The van der Waals surface area contributed by atoms with Gasteiger partial charge in [-0.05, 0) is 17.1 Å². The molecule has 0 heterocycles. The Hall–Kier alpha value is -0.216. The summed E-state index contributed by atoms with van der Waals surface area (Å²) in [6.45, 7) is 12.8. The Morgan fingerprint density at radius 1 is 0.958 bits per heavy atom. The van der Waals surface area contributed by atoms with Gasteiger partial charge in [0, 0.05) is 27.4 Å². The van der Waals surface area contributed by atoms with Gasteiger partial charge in [0.25, 0.3) is 14.3 Å². The smallest absolute Gasteiger partial charge is 0.501 e. The van der Waals surface area contributed by atoms with Crippen molar-refractivity contribution in [1.82, 2.24) is 0 Å². The molecule has 0 N–H and O–H groups in total. The zero-order chi connectivity index (χ0) is 19.0. The predicted octanol–water partition coefficient (Wildman–Crippen LogP) is 4.61. The second kappa shape index (κ2) is 10.1. The van der Waals surface area contributed by atoms with Gasteiger partial charge in [-0.2, -0.15) is 0 Å². The fourth-order valence-electron chi connectivity index (χ4n) is 3.19. The maximum atomic E-state index is 12.8. The second-order valence-corrected chi connectivity index (χ2v) is 15.3. The number of rotatable bonds is 11. The van der Waals surface area contributed by atoms with Crippen LogP contribution in [-0.4, -0.2) is 44.4 Å². The highest BCUT2D eigenvalue weighted by molar-refractivity contribution is 6.78. The summed E-state index contributed by atoms with van der Waals surface area (Å²) in [4.78, 5) is 12.8. The van der Waals surface area contributed by atoms with Crippen molar-refractivity contribution in [2.24, 2.45) is 5.92 Å². The summed E-state index contributed by atoms with van der Waals surface area (Å²) >= 11 is 0. The molecule has 5 nitrogen and oxygen atoms in total. The molecule has 0 radical (unpaired) electrons. The van der Waals surface area contributed by atoms with Gasteiger partial charge in [0.1, 0.15) is 0 Å². The Balaban J connectivity index is 5.31. The third kappa shape index (κ3) is 5.95. The van der Waals surface area contributed by atoms with E-state index in [2.05, 4.69) is 34.6 Å². The number of hydrogen-bond acceptors (Lipinski definition) is 5. The third-order valence-electron chi connectivity index (χ3n) is 4.86. The lowest BCUT2D eigenvalue weighted by Crippen LogP contribution is -2.51. The van der Waals surface area contributed by atoms with E-state index >= 15 is 0 Å². The van der Waals surface area contributed by atoms with Crippen molar-refractivity contribution in [1.29, 1.82) is 0 Å². The first-order valence-electron chi connectivity index (χ1n) is 8.95. The number of carbonyl (C=O) groups excluding carboxylic acids is 1. The van der Waals surface area contributed by atoms with E-state index in [1.807, 2.05) is 6.92 Å². The van der Waals surface area contributed by atoms with E-state index in [0.717, 1.165) is 24.9 Å². The molecule has 0 aromatic heterocycles. The number of hydrogen-bond donors (Lipinski definition) is 0. The summed E-state index contributed by atoms with van der Waals surface area (Å²) in [7, 11) is -0.265. The normalized spacial score (nSPS) is 14.5. The molecule has 0 bridgehead atoms. The van der Waals surface area contributed by atoms with E-state index in [-0.39, 0.29) is 16.9 Å². The molecular formula is C17H38O5Si2. The van der Waals surface area contributed by atoms with Gasteiger partial charge in [-0.15, -0.1) is 0 Å². The molecule has 0 aliphatic rings. The Kier molecular flexibility index (Phi) is 9.97. The van der Waals surface area contributed by atoms with Gasteiger partial charge in [-0.3, -0.25) is 4.79 Å². The molecule has 24 heavy (non-hydrogen) atoms. The SMILES string of the molecule is CCC[Si](CCC)(OC(=O)C(C)C[Si](OC)(OC)OC)C(C)(C)C. The average Bonchev–Trinajstić information content (AvgIpc) is 2.51. The van der Waals surface area contributed by atoms with Crippen molar-refractivity contribution in [2.75, 3.05) is 21.3 Å². The maximum absolute atomic E-state index is 12.8. The first-order valence-corrected chi connectivity index (χ1v) is 13.2. The van der Waals surface area contributed by atoms with Crippen LogP contribution in [0.1, 0.15) is 54.4 Å². The van der Waals surface area contributed by atoms with Crippen molar-refractivity contribution in [2.45, 2.75) is 77.6 Å². The van der Waals surface area contributed by atoms with Gasteiger partial charge in [-0.25, -0.2) is 0 Å². The average molecular weight is 379 g/mol. The van der Waals surface area contributed by atoms with Crippen molar-refractivity contribution in [3.63, 3.8) is 0 Å². The molecule has 7 heteroatoms. The zero-order valence-corrected chi connectivity index (χ0v) is 19.2. The molecule has 0 fully saturated rings. The molecule has 0 saturated heterocycles. The number of carbonyl (C=O) groups is 1. The largest absolute Gasteiger partial charge is 0.518 e. The lowest BCUT2D eigenvalue weighted by atomic mass is 10.2. The van der Waals surface area contributed by atoms with Crippen molar-refractivity contribution < 1.29 is 22.5 Å². The van der Waals surface area contributed by atoms with Gasteiger partial charge in [0.2, 0.25) is 0 Å². The molecule has 0 amide bonds. The van der Waals surface area contributed by atoms with E-state index in [9.17, 15) is 4.79 Å². The van der Waals surface area contributed by atoms with Crippen LogP contribution in [0.3, 0.4) is 0 Å². The highest BCUT2D eigenvalue weighted by Gasteiger charge is 2.49. The predicted molar refractivity (Wildman–Crippen MR) is 103 cm³/mol. The minimum atomic E-state index is -2.79. The van der Waals surface area contributed by atoms with Crippen molar-refractivity contribution in [3.05, 3.63) is 0 Å². The minimum Gasteiger partial charge on any atom is -0.518 e. The topological polar surface area (TPSA) is 54.0 Å². The van der Waals surface area contributed by atoms with E-state index in [1.54, 1.807) is 21.3 Å². The van der Waals surface area contributed by atoms with Crippen LogP contribution in [0.15, 0.2) is 0 Å². The summed E-state index contributed by atoms with van der Waals surface area (Å²) in [5.74, 6) is -0.444. The molecule has 0 saturated carbocycles. The summed E-state index contributed by atoms with van der Waals surface area (Å²) < 4.78 is 22.6. The molecule has 0 spiro atoms. The van der Waals surface area contributed by atoms with Gasteiger partial charge in [-0.1, -0.05) is 54.4 Å². The zero-order valence-electron chi connectivity index (χ0n) is 17.2. The summed E-state index contributed by atoms with van der Waals surface area (Å²) in [6.07, 6.45) is 2.08. The monoisotopic (exact) mass is 378 g/mol. The first kappa shape index (κ1) is 23.8. The van der Waals surface area contributed by atoms with E-state index in [1.165, 1.54) is 0 Å². The van der Waals surface area contributed by atoms with Gasteiger partial charge in [0.15, 0.2) is 0 Å². The molecule has 0 aliphatic heterocycles. The highest BCUT2D eigenvalue weighted by Crippen LogP contribution is 2.44. The Bertz CT molecular complexity index is 363. The Morgan fingerprint density at radius 3 is 1.67 bits per heavy atom. The van der Waals surface area contributed by atoms with Crippen LogP contribution in [0.5, 0.6) is 0 Å². The summed E-state index contributed by atoms with van der Waals surface area (Å²) in [6, 6.07) is 2.44. The van der Waals surface area contributed by atoms with E-state index in [0.29, 0.717) is 6.04 Å². The standard InChI is InChI=1S/C17H38O5Si2/c1-10-12-23(13-11-2,17(4,5)6)22-16(18)15(3)14-24(19-7,20-8)21-9/h15H,10-14H2,1-9H3. The lowest BCUT2D eigenvalue weighted by molar-refractivity contribution is -0.139. The quantitative estimate of drug-likeness (QED) is 0.491. The maximum Gasteiger partial charge on any atom is 0.501 e. The molecule has 0 aromatic carbocycles. The molecule has 0 aromatic rings. The highest BCUT2D eigenvalue weighted by atomic mass is 28.4. The van der Waals surface area contributed by atoms with Crippen LogP contribution in [0, 0.1) is 5.92 Å². The van der Waals surface area contributed by atoms with Crippen LogP contribution in [0.25, 0.3) is 0 Å². The van der Waals surface area contributed by atoms with Crippen LogP contribution in [0.4, 0.5) is 0 Å². The molecule has 1 atom stereocenters. The molecule has 0 aliphatic carbocycles. The molecule has 0 rings (SSSR count). The fraction of sp³-hybridized carbons (Fsp3) is 0.941. The first-order chi connectivity index (χ1) is 11.1. The van der Waals surface area contributed by atoms with Crippen molar-refractivity contribution >= 4 is 23.1 Å². The van der Waals surface area contributed by atoms with Crippen molar-refractivity contribution in [3.8, 4) is 0 Å². The van der Waals surface area contributed by atoms with E-state index in [4.69, 9.17) is 17.7 Å². The van der Waals surface area contributed by atoms with Crippen LogP contribution >= 0.6 is 0 Å². The molecule has 144 valence electrons. The molecular weight excluding hydrogens is 340 g/mol. The second-order valence-electron chi connectivity index (χ2n) is 7.57. The minimum absolute atomic E-state index is 0.0205. The van der Waals surface area contributed by atoms with Gasteiger partial charge < -0.3 is 17.7 Å². The van der Waals surface area contributed by atoms with Gasteiger partial charge >= 0.3 is 8.80 Å². The van der Waals surface area contributed by atoms with E-state index < -0.39 is 17.1 Å². The lowest BCUT2D eigenvalue weighted by Gasteiger charge is -2.42. The summed E-state index contributed by atoms with van der Waals surface area (Å²) in [5.41, 5.74) is 0. The fourth-order valence-corrected chi connectivity index (χ4v) is 9.57. The Morgan fingerprint density at radius 2 is 1.38 bits per heavy atom.